The smallest absolute Gasteiger partial charge is 0.377 e. The van der Waals surface area contributed by atoms with Crippen molar-refractivity contribution in [2.24, 2.45) is 11.7 Å². The molecule has 168 valence electrons. The van der Waals surface area contributed by atoms with Crippen LogP contribution in [-0.2, 0) is 11.2 Å². The number of ether oxygens (including phenoxy) is 1. The van der Waals surface area contributed by atoms with E-state index in [4.69, 9.17) is 15.0 Å². The summed E-state index contributed by atoms with van der Waals surface area (Å²) in [7, 11) is 0. The first kappa shape index (κ1) is 20.5. The van der Waals surface area contributed by atoms with Crippen molar-refractivity contribution in [2.45, 2.75) is 56.3 Å². The van der Waals surface area contributed by atoms with Gasteiger partial charge in [0.05, 0.1) is 41.8 Å². The van der Waals surface area contributed by atoms with Gasteiger partial charge in [0.15, 0.2) is 11.0 Å². The number of nitrogens with zero attached hydrogens (tertiary/aromatic N) is 4. The number of primary amides is 1. The number of anilines is 2. The molecule has 1 saturated heterocycles. The Morgan fingerprint density at radius 2 is 1.97 bits per heavy atom. The fraction of sp³-hybridized carbons (Fsp3) is 0.667. The largest absolute Gasteiger partial charge is 0.391 e. The molecule has 4 heterocycles. The molecule has 2 fully saturated rings. The summed E-state index contributed by atoms with van der Waals surface area (Å²) in [4.78, 5) is 23.1. The van der Waals surface area contributed by atoms with E-state index < -0.39 is 18.1 Å². The van der Waals surface area contributed by atoms with Crippen molar-refractivity contribution >= 4 is 28.5 Å². The molecule has 2 aromatic heterocycles. The van der Waals surface area contributed by atoms with Gasteiger partial charge in [-0.15, -0.1) is 0 Å². The van der Waals surface area contributed by atoms with Crippen molar-refractivity contribution in [3.05, 3.63) is 16.4 Å². The number of rotatable bonds is 3. The Labute approximate surface area is 179 Å². The number of hydrogen-bond acceptors (Lipinski definition) is 8. The molecule has 5 rings (SSSR count). The van der Waals surface area contributed by atoms with E-state index in [0.717, 1.165) is 10.6 Å². The first-order chi connectivity index (χ1) is 14.8. The van der Waals surface area contributed by atoms with Crippen LogP contribution in [0.25, 0.3) is 0 Å². The highest BCUT2D eigenvalue weighted by molar-refractivity contribution is 7.16. The highest BCUT2D eigenvalue weighted by Gasteiger charge is 2.45. The monoisotopic (exact) mass is 458 g/mol. The molecule has 2 bridgehead atoms. The highest BCUT2D eigenvalue weighted by Crippen LogP contribution is 2.45. The number of fused-ring (bicyclic) bond motifs is 4. The van der Waals surface area contributed by atoms with Crippen molar-refractivity contribution in [1.29, 1.82) is 0 Å². The summed E-state index contributed by atoms with van der Waals surface area (Å²) in [5.74, 6) is -0.926. The second-order valence-electron chi connectivity index (χ2n) is 8.16. The Hall–Kier alpha value is -2.41. The van der Waals surface area contributed by atoms with Gasteiger partial charge in [-0.3, -0.25) is 5.32 Å². The minimum Gasteiger partial charge on any atom is -0.377 e. The van der Waals surface area contributed by atoms with Crippen molar-refractivity contribution in [1.82, 2.24) is 15.1 Å². The van der Waals surface area contributed by atoms with Crippen LogP contribution in [0.1, 0.15) is 54.0 Å². The maximum Gasteiger partial charge on any atom is 0.391 e. The molecule has 0 spiro atoms. The molecule has 9 nitrogen and oxygen atoms in total. The maximum atomic E-state index is 12.9. The third kappa shape index (κ3) is 3.84. The van der Waals surface area contributed by atoms with Crippen LogP contribution in [0.2, 0.25) is 0 Å². The van der Waals surface area contributed by atoms with Gasteiger partial charge in [0.2, 0.25) is 0 Å². The molecule has 2 aliphatic heterocycles. The minimum atomic E-state index is -4.15. The Kier molecular flexibility index (Phi) is 5.04. The predicted octanol–water partition coefficient (Wildman–Crippen LogP) is 3.36. The molecule has 31 heavy (non-hydrogen) atoms. The number of aromatic nitrogens is 3. The SMILES string of the molecule is NC(=O)Nc1nc2c(s1)C1COCC(C2)N1c1nc(C2CCC(C(F)(F)F)CC2)no1. The minimum absolute atomic E-state index is 0.0657. The topological polar surface area (TPSA) is 119 Å². The third-order valence-electron chi connectivity index (χ3n) is 6.21. The van der Waals surface area contributed by atoms with Crippen LogP contribution in [0.3, 0.4) is 0 Å². The summed E-state index contributed by atoms with van der Waals surface area (Å²) >= 11 is 1.33. The second kappa shape index (κ2) is 7.62. The normalized spacial score (nSPS) is 28.3. The standard InChI is InChI=1S/C18H21F3N6O3S/c19-18(20,21)9-3-1-8(2-4-9)14-24-17(30-26-14)27-10-5-11-13(12(27)7-29-6-10)31-16(23-11)25-15(22)28/h8-10,12H,1-7H2,(H3,22,23,25,28). The van der Waals surface area contributed by atoms with Crippen LogP contribution in [-0.4, -0.2) is 46.6 Å². The molecule has 3 aliphatic rings. The number of urea groups is 1. The van der Waals surface area contributed by atoms with Crippen LogP contribution in [0.5, 0.6) is 0 Å². The van der Waals surface area contributed by atoms with Crippen LogP contribution in [0.15, 0.2) is 4.52 Å². The van der Waals surface area contributed by atoms with Crippen molar-refractivity contribution in [2.75, 3.05) is 23.4 Å². The van der Waals surface area contributed by atoms with Gasteiger partial charge in [0, 0.05) is 12.3 Å². The van der Waals surface area contributed by atoms with E-state index >= 15 is 0 Å². The zero-order valence-corrected chi connectivity index (χ0v) is 17.2. The summed E-state index contributed by atoms with van der Waals surface area (Å²) in [5.41, 5.74) is 6.08. The van der Waals surface area contributed by atoms with Crippen LogP contribution in [0, 0.1) is 5.92 Å². The number of alkyl halides is 3. The number of amides is 2. The van der Waals surface area contributed by atoms with Crippen molar-refractivity contribution in [3.8, 4) is 0 Å². The van der Waals surface area contributed by atoms with Crippen molar-refractivity contribution in [3.63, 3.8) is 0 Å². The zero-order chi connectivity index (χ0) is 21.8. The van der Waals surface area contributed by atoms with E-state index in [1.54, 1.807) is 0 Å². The summed E-state index contributed by atoms with van der Waals surface area (Å²) in [5, 5.41) is 7.04. The molecular weight excluding hydrogens is 437 g/mol. The lowest BCUT2D eigenvalue weighted by molar-refractivity contribution is -0.182. The Morgan fingerprint density at radius 1 is 1.19 bits per heavy atom. The number of nitrogens with one attached hydrogen (secondary N) is 1. The van der Waals surface area contributed by atoms with E-state index in [-0.39, 0.29) is 30.8 Å². The van der Waals surface area contributed by atoms with E-state index in [0.29, 0.717) is 49.4 Å². The molecule has 3 N–H and O–H groups in total. The van der Waals surface area contributed by atoms with Crippen LogP contribution < -0.4 is 16.0 Å². The second-order valence-corrected chi connectivity index (χ2v) is 9.19. The molecule has 0 aromatic carbocycles. The van der Waals surface area contributed by atoms with Gasteiger partial charge >= 0.3 is 18.2 Å². The number of morpholine rings is 1. The van der Waals surface area contributed by atoms with Gasteiger partial charge in [-0.2, -0.15) is 18.2 Å². The molecule has 2 atom stereocenters. The van der Waals surface area contributed by atoms with Gasteiger partial charge < -0.3 is 19.9 Å². The van der Waals surface area contributed by atoms with E-state index in [2.05, 4.69) is 20.4 Å². The van der Waals surface area contributed by atoms with E-state index in [9.17, 15) is 18.0 Å². The lowest BCUT2D eigenvalue weighted by Crippen LogP contribution is -2.51. The fourth-order valence-electron chi connectivity index (χ4n) is 4.71. The molecule has 2 amide bonds. The number of thiazole rings is 1. The van der Waals surface area contributed by atoms with Gasteiger partial charge in [0.1, 0.15) is 0 Å². The molecule has 2 unspecified atom stereocenters. The fourth-order valence-corrected chi connectivity index (χ4v) is 5.79. The molecule has 0 radical (unpaired) electrons. The number of nitrogens with two attached hydrogens (primary N) is 1. The summed E-state index contributed by atoms with van der Waals surface area (Å²) in [6.07, 6.45) is -2.62. The number of carbonyl (C=O) groups excluding carboxylic acids is 1. The van der Waals surface area contributed by atoms with Crippen molar-refractivity contribution < 1.29 is 27.2 Å². The third-order valence-corrected chi connectivity index (χ3v) is 7.33. The Morgan fingerprint density at radius 3 is 2.68 bits per heavy atom. The van der Waals surface area contributed by atoms with Gasteiger partial charge in [-0.1, -0.05) is 16.5 Å². The van der Waals surface area contributed by atoms with Gasteiger partial charge in [-0.25, -0.2) is 9.78 Å². The molecule has 2 aromatic rings. The van der Waals surface area contributed by atoms with E-state index in [1.165, 1.54) is 11.3 Å². The number of hydrogen-bond donors (Lipinski definition) is 2. The molecular formula is C18H21F3N6O3S. The predicted molar refractivity (Wildman–Crippen MR) is 104 cm³/mol. The number of halogens is 3. The first-order valence-corrected chi connectivity index (χ1v) is 10.9. The van der Waals surface area contributed by atoms with Gasteiger partial charge in [-0.05, 0) is 25.7 Å². The van der Waals surface area contributed by atoms with Crippen LogP contribution >= 0.6 is 11.3 Å². The maximum absolute atomic E-state index is 12.9. The highest BCUT2D eigenvalue weighted by atomic mass is 32.1. The van der Waals surface area contributed by atoms with Gasteiger partial charge in [0.25, 0.3) is 0 Å². The average Bonchev–Trinajstić information content (AvgIpc) is 3.33. The Bertz CT molecular complexity index is 971. The lowest BCUT2D eigenvalue weighted by atomic mass is 9.81. The first-order valence-electron chi connectivity index (χ1n) is 10.1. The van der Waals surface area contributed by atoms with E-state index in [1.807, 2.05) is 4.90 Å². The lowest BCUT2D eigenvalue weighted by Gasteiger charge is -2.43. The molecule has 1 aliphatic carbocycles. The summed E-state index contributed by atoms with van der Waals surface area (Å²) in [6.45, 7) is 0.858. The molecule has 1 saturated carbocycles. The Balaban J connectivity index is 1.35. The molecule has 13 heteroatoms. The summed E-state index contributed by atoms with van der Waals surface area (Å²) in [6, 6.07) is -0.597. The quantitative estimate of drug-likeness (QED) is 0.724. The van der Waals surface area contributed by atoms with Crippen LogP contribution in [0.4, 0.5) is 29.1 Å². The average molecular weight is 458 g/mol. The zero-order valence-electron chi connectivity index (χ0n) is 16.4. The summed E-state index contributed by atoms with van der Waals surface area (Å²) < 4.78 is 50.1. The number of carbonyl (C=O) groups is 1.